The molecule has 1 aliphatic carbocycles. The molecule has 0 saturated carbocycles. The van der Waals surface area contributed by atoms with Crippen LogP contribution in [0.25, 0.3) is 20.7 Å². The monoisotopic (exact) mass is 357 g/mol. The number of thiophene rings is 2. The quantitative estimate of drug-likeness (QED) is 0.728. The zero-order valence-corrected chi connectivity index (χ0v) is 14.4. The Hall–Kier alpha value is -2.25. The van der Waals surface area contributed by atoms with Crippen LogP contribution in [0.5, 0.6) is 0 Å². The number of hydrogen-bond donors (Lipinski definition) is 1. The lowest BCUT2D eigenvalue weighted by Gasteiger charge is -2.17. The molecule has 1 aliphatic rings. The Balaban J connectivity index is 1.70. The number of carbonyl (C=O) groups is 1. The van der Waals surface area contributed by atoms with Crippen molar-refractivity contribution in [3.8, 4) is 10.4 Å². The SMILES string of the molecule is O=C(Nn1cnc2scc(-c3cccs3)c2c1=O)[C@H]1CC=CCC1. The minimum Gasteiger partial charge on any atom is -0.273 e. The summed E-state index contributed by atoms with van der Waals surface area (Å²) in [7, 11) is 0. The summed E-state index contributed by atoms with van der Waals surface area (Å²) in [5.41, 5.74) is 3.36. The van der Waals surface area contributed by atoms with E-state index in [-0.39, 0.29) is 17.4 Å². The Morgan fingerprint density at radius 2 is 2.25 bits per heavy atom. The molecule has 3 aromatic rings. The molecule has 0 fully saturated rings. The topological polar surface area (TPSA) is 64.0 Å². The molecule has 0 radical (unpaired) electrons. The Kier molecular flexibility index (Phi) is 4.03. The van der Waals surface area contributed by atoms with E-state index in [1.54, 1.807) is 11.3 Å². The number of allylic oxidation sites excluding steroid dienone is 2. The molecule has 4 rings (SSSR count). The van der Waals surface area contributed by atoms with Crippen molar-refractivity contribution in [1.82, 2.24) is 9.66 Å². The molecule has 7 heteroatoms. The maximum Gasteiger partial charge on any atom is 0.281 e. The molecule has 1 N–H and O–H groups in total. The first-order valence-corrected chi connectivity index (χ1v) is 9.48. The first-order valence-electron chi connectivity index (χ1n) is 7.72. The van der Waals surface area contributed by atoms with E-state index in [1.807, 2.05) is 29.0 Å². The third kappa shape index (κ3) is 2.70. The van der Waals surface area contributed by atoms with Crippen molar-refractivity contribution in [3.05, 3.63) is 51.7 Å². The van der Waals surface area contributed by atoms with Crippen LogP contribution in [0.15, 0.2) is 46.2 Å². The van der Waals surface area contributed by atoms with Crippen molar-refractivity contribution in [1.29, 1.82) is 0 Å². The van der Waals surface area contributed by atoms with E-state index in [0.29, 0.717) is 10.2 Å². The van der Waals surface area contributed by atoms with Gasteiger partial charge in [0.25, 0.3) is 5.56 Å². The van der Waals surface area contributed by atoms with Crippen LogP contribution in [0, 0.1) is 5.92 Å². The zero-order valence-electron chi connectivity index (χ0n) is 12.8. The van der Waals surface area contributed by atoms with E-state index in [4.69, 9.17) is 0 Å². The molecule has 0 aromatic carbocycles. The van der Waals surface area contributed by atoms with Crippen LogP contribution in [0.1, 0.15) is 19.3 Å². The van der Waals surface area contributed by atoms with Gasteiger partial charge in [0.05, 0.1) is 5.39 Å². The summed E-state index contributed by atoms with van der Waals surface area (Å²) in [6.07, 6.45) is 7.93. The number of fused-ring (bicyclic) bond motifs is 1. The molecule has 1 amide bonds. The summed E-state index contributed by atoms with van der Waals surface area (Å²) in [4.78, 5) is 31.3. The first kappa shape index (κ1) is 15.3. The van der Waals surface area contributed by atoms with Gasteiger partial charge in [-0.15, -0.1) is 22.7 Å². The minimum atomic E-state index is -0.232. The smallest absolute Gasteiger partial charge is 0.273 e. The van der Waals surface area contributed by atoms with Gasteiger partial charge in [-0.2, -0.15) is 0 Å². The van der Waals surface area contributed by atoms with Gasteiger partial charge in [-0.05, 0) is 30.7 Å². The van der Waals surface area contributed by atoms with Gasteiger partial charge in [0, 0.05) is 21.7 Å². The molecule has 3 heterocycles. The van der Waals surface area contributed by atoms with Crippen molar-refractivity contribution >= 4 is 38.8 Å². The minimum absolute atomic E-state index is 0.0863. The molecule has 0 unspecified atom stereocenters. The number of hydrogen-bond acceptors (Lipinski definition) is 5. The highest BCUT2D eigenvalue weighted by atomic mass is 32.1. The highest BCUT2D eigenvalue weighted by Crippen LogP contribution is 2.33. The van der Waals surface area contributed by atoms with Gasteiger partial charge < -0.3 is 0 Å². The maximum atomic E-state index is 12.8. The molecular weight excluding hydrogens is 342 g/mol. The number of rotatable bonds is 3. The van der Waals surface area contributed by atoms with Gasteiger partial charge in [-0.25, -0.2) is 9.66 Å². The fourth-order valence-electron chi connectivity index (χ4n) is 2.87. The molecule has 5 nitrogen and oxygen atoms in total. The Morgan fingerprint density at radius 3 is 3.00 bits per heavy atom. The van der Waals surface area contributed by atoms with Gasteiger partial charge in [-0.3, -0.25) is 15.0 Å². The molecule has 0 saturated heterocycles. The highest BCUT2D eigenvalue weighted by molar-refractivity contribution is 7.18. The molecule has 24 heavy (non-hydrogen) atoms. The van der Waals surface area contributed by atoms with E-state index >= 15 is 0 Å². The Morgan fingerprint density at radius 1 is 1.33 bits per heavy atom. The molecule has 0 spiro atoms. The zero-order chi connectivity index (χ0) is 16.5. The summed E-state index contributed by atoms with van der Waals surface area (Å²) in [6.45, 7) is 0. The van der Waals surface area contributed by atoms with E-state index in [2.05, 4.69) is 16.5 Å². The molecule has 3 aromatic heterocycles. The molecule has 122 valence electrons. The maximum absolute atomic E-state index is 12.8. The fourth-order valence-corrected chi connectivity index (χ4v) is 4.59. The van der Waals surface area contributed by atoms with Crippen LogP contribution in [-0.4, -0.2) is 15.6 Å². The van der Waals surface area contributed by atoms with Crippen LogP contribution in [0.2, 0.25) is 0 Å². The number of nitrogens with zero attached hydrogens (tertiary/aromatic N) is 2. The van der Waals surface area contributed by atoms with Crippen LogP contribution in [0.4, 0.5) is 0 Å². The van der Waals surface area contributed by atoms with Gasteiger partial charge in [0.2, 0.25) is 5.91 Å². The van der Waals surface area contributed by atoms with Gasteiger partial charge >= 0.3 is 0 Å². The highest BCUT2D eigenvalue weighted by Gasteiger charge is 2.20. The summed E-state index contributed by atoms with van der Waals surface area (Å²) >= 11 is 3.02. The van der Waals surface area contributed by atoms with Crippen LogP contribution >= 0.6 is 22.7 Å². The van der Waals surface area contributed by atoms with E-state index in [9.17, 15) is 9.59 Å². The third-order valence-electron chi connectivity index (χ3n) is 4.15. The van der Waals surface area contributed by atoms with Crippen molar-refractivity contribution < 1.29 is 4.79 Å². The van der Waals surface area contributed by atoms with Crippen LogP contribution in [0.3, 0.4) is 0 Å². The van der Waals surface area contributed by atoms with Crippen molar-refractivity contribution in [3.63, 3.8) is 0 Å². The van der Waals surface area contributed by atoms with Crippen LogP contribution in [-0.2, 0) is 4.79 Å². The van der Waals surface area contributed by atoms with E-state index < -0.39 is 0 Å². The van der Waals surface area contributed by atoms with Crippen molar-refractivity contribution in [2.45, 2.75) is 19.3 Å². The summed E-state index contributed by atoms with van der Waals surface area (Å²) in [5.74, 6) is -0.215. The predicted octanol–water partition coefficient (Wildman–Crippen LogP) is 3.61. The van der Waals surface area contributed by atoms with Gasteiger partial charge in [-0.1, -0.05) is 18.2 Å². The number of aromatic nitrogens is 2. The lowest BCUT2D eigenvalue weighted by molar-refractivity contribution is -0.121. The number of nitrogens with one attached hydrogen (secondary N) is 1. The predicted molar refractivity (Wildman–Crippen MR) is 98.0 cm³/mol. The van der Waals surface area contributed by atoms with Crippen LogP contribution < -0.4 is 11.0 Å². The second kappa shape index (κ2) is 6.33. The normalized spacial score (nSPS) is 17.2. The van der Waals surface area contributed by atoms with Gasteiger partial charge in [0.15, 0.2) is 0 Å². The number of amides is 1. The first-order chi connectivity index (χ1) is 11.7. The molecular formula is C17H15N3O2S2. The molecule has 1 atom stereocenters. The standard InChI is InChI=1S/C17H15N3O2S2/c21-15(11-5-2-1-3-6-11)19-20-10-18-16-14(17(20)22)12(9-24-16)13-7-4-8-23-13/h1-2,4,7-11H,3,5-6H2,(H,19,21)/t11-/m0/s1. The summed E-state index contributed by atoms with van der Waals surface area (Å²) in [5, 5.41) is 4.49. The van der Waals surface area contributed by atoms with Gasteiger partial charge in [0.1, 0.15) is 11.2 Å². The lowest BCUT2D eigenvalue weighted by atomic mass is 9.94. The summed E-state index contributed by atoms with van der Waals surface area (Å²) < 4.78 is 1.22. The second-order valence-electron chi connectivity index (χ2n) is 5.68. The van der Waals surface area contributed by atoms with E-state index in [0.717, 1.165) is 29.7 Å². The summed E-state index contributed by atoms with van der Waals surface area (Å²) in [6, 6.07) is 3.94. The average molecular weight is 357 g/mol. The van der Waals surface area contributed by atoms with E-state index in [1.165, 1.54) is 22.3 Å². The third-order valence-corrected chi connectivity index (χ3v) is 5.94. The lowest BCUT2D eigenvalue weighted by Crippen LogP contribution is -2.36. The number of carbonyl (C=O) groups excluding carboxylic acids is 1. The Bertz CT molecular complexity index is 970. The molecule has 0 bridgehead atoms. The fraction of sp³-hybridized carbons (Fsp3) is 0.235. The van der Waals surface area contributed by atoms with Crippen molar-refractivity contribution in [2.24, 2.45) is 5.92 Å². The largest absolute Gasteiger partial charge is 0.281 e. The average Bonchev–Trinajstić information content (AvgIpc) is 3.27. The molecule has 0 aliphatic heterocycles. The second-order valence-corrected chi connectivity index (χ2v) is 7.49. The Labute approximate surface area is 146 Å². The van der Waals surface area contributed by atoms with Crippen molar-refractivity contribution in [2.75, 3.05) is 5.43 Å².